The Kier molecular flexibility index (Phi) is 7.63. The summed E-state index contributed by atoms with van der Waals surface area (Å²) in [6.07, 6.45) is 2.01. The van der Waals surface area contributed by atoms with E-state index in [2.05, 4.69) is 17.6 Å². The Balaban J connectivity index is 3.71. The maximum absolute atomic E-state index is 11.2. The first-order valence-electron chi connectivity index (χ1n) is 4.67. The summed E-state index contributed by atoms with van der Waals surface area (Å²) < 4.78 is 5.00. The maximum atomic E-state index is 11.2. The number of amides is 1. The van der Waals surface area contributed by atoms with E-state index in [4.69, 9.17) is 4.74 Å². The summed E-state index contributed by atoms with van der Waals surface area (Å²) in [6.45, 7) is 3.04. The summed E-state index contributed by atoms with van der Waals surface area (Å²) in [4.78, 5) is 11.2. The predicted octanol–water partition coefficient (Wildman–Crippen LogP) is 0.137. The van der Waals surface area contributed by atoms with Gasteiger partial charge in [0.2, 0.25) is 5.91 Å². The molecule has 4 heteroatoms. The molecule has 2 N–H and O–H groups in total. The summed E-state index contributed by atoms with van der Waals surface area (Å²) in [7, 11) is 3.40. The van der Waals surface area contributed by atoms with E-state index in [1.54, 1.807) is 14.2 Å². The van der Waals surface area contributed by atoms with Crippen molar-refractivity contribution in [3.05, 3.63) is 0 Å². The van der Waals surface area contributed by atoms with Crippen LogP contribution in [0.25, 0.3) is 0 Å². The minimum atomic E-state index is 0.0259. The molecule has 0 aliphatic rings. The Labute approximate surface area is 80.0 Å². The van der Waals surface area contributed by atoms with Gasteiger partial charge in [-0.2, -0.15) is 0 Å². The lowest BCUT2D eigenvalue weighted by molar-refractivity contribution is -0.121. The quantitative estimate of drug-likeness (QED) is 0.597. The molecule has 0 radical (unpaired) electrons. The van der Waals surface area contributed by atoms with E-state index in [1.807, 2.05) is 0 Å². The highest BCUT2D eigenvalue weighted by atomic mass is 16.5. The molecule has 1 amide bonds. The first kappa shape index (κ1) is 12.4. The Morgan fingerprint density at radius 1 is 1.54 bits per heavy atom. The number of carbonyl (C=O) groups is 1. The molecule has 0 bridgehead atoms. The smallest absolute Gasteiger partial charge is 0.234 e. The number of likely N-dealkylation sites (N-methyl/N-ethyl adjacent to an activating group) is 1. The van der Waals surface area contributed by atoms with Crippen molar-refractivity contribution >= 4 is 5.91 Å². The van der Waals surface area contributed by atoms with Gasteiger partial charge in [-0.25, -0.2) is 0 Å². The molecule has 0 fully saturated rings. The van der Waals surface area contributed by atoms with Gasteiger partial charge >= 0.3 is 0 Å². The van der Waals surface area contributed by atoms with Crippen molar-refractivity contribution in [2.24, 2.45) is 0 Å². The van der Waals surface area contributed by atoms with Crippen LogP contribution < -0.4 is 10.6 Å². The Bertz CT molecular complexity index is 134. The SMILES string of the molecule is CCCC(COC)NC(=O)CNC. The minimum Gasteiger partial charge on any atom is -0.383 e. The molecule has 4 nitrogen and oxygen atoms in total. The summed E-state index contributed by atoms with van der Waals surface area (Å²) >= 11 is 0. The third-order valence-corrected chi connectivity index (χ3v) is 1.71. The molecule has 0 aromatic rings. The second-order valence-corrected chi connectivity index (χ2v) is 3.04. The highest BCUT2D eigenvalue weighted by Crippen LogP contribution is 1.96. The molecule has 0 saturated carbocycles. The lowest BCUT2D eigenvalue weighted by Crippen LogP contribution is -2.41. The first-order valence-corrected chi connectivity index (χ1v) is 4.67. The number of hydrogen-bond acceptors (Lipinski definition) is 3. The monoisotopic (exact) mass is 188 g/mol. The Morgan fingerprint density at radius 2 is 2.23 bits per heavy atom. The highest BCUT2D eigenvalue weighted by Gasteiger charge is 2.09. The van der Waals surface area contributed by atoms with Gasteiger partial charge in [0.05, 0.1) is 19.2 Å². The Hall–Kier alpha value is -0.610. The molecule has 1 unspecified atom stereocenters. The fourth-order valence-corrected chi connectivity index (χ4v) is 1.19. The fraction of sp³-hybridized carbons (Fsp3) is 0.889. The molecule has 0 saturated heterocycles. The number of nitrogens with one attached hydrogen (secondary N) is 2. The topological polar surface area (TPSA) is 50.4 Å². The van der Waals surface area contributed by atoms with Crippen molar-refractivity contribution < 1.29 is 9.53 Å². The van der Waals surface area contributed by atoms with Crippen LogP contribution in [0, 0.1) is 0 Å². The van der Waals surface area contributed by atoms with Crippen LogP contribution in [0.3, 0.4) is 0 Å². The van der Waals surface area contributed by atoms with Gasteiger partial charge in [-0.15, -0.1) is 0 Å². The molecule has 0 rings (SSSR count). The lowest BCUT2D eigenvalue weighted by atomic mass is 10.2. The third-order valence-electron chi connectivity index (χ3n) is 1.71. The van der Waals surface area contributed by atoms with Crippen molar-refractivity contribution in [3.63, 3.8) is 0 Å². The van der Waals surface area contributed by atoms with Crippen LogP contribution in [0.1, 0.15) is 19.8 Å². The van der Waals surface area contributed by atoms with Gasteiger partial charge in [-0.1, -0.05) is 13.3 Å². The van der Waals surface area contributed by atoms with Crippen molar-refractivity contribution in [2.75, 3.05) is 27.3 Å². The first-order chi connectivity index (χ1) is 6.24. The molecule has 0 aliphatic heterocycles. The number of rotatable bonds is 7. The van der Waals surface area contributed by atoms with E-state index in [9.17, 15) is 4.79 Å². The van der Waals surface area contributed by atoms with Crippen LogP contribution >= 0.6 is 0 Å². The largest absolute Gasteiger partial charge is 0.383 e. The molecular formula is C9H20N2O2. The lowest BCUT2D eigenvalue weighted by Gasteiger charge is -2.16. The molecular weight excluding hydrogens is 168 g/mol. The number of hydrogen-bond donors (Lipinski definition) is 2. The van der Waals surface area contributed by atoms with Gasteiger partial charge in [0.15, 0.2) is 0 Å². The second-order valence-electron chi connectivity index (χ2n) is 3.04. The average Bonchev–Trinajstić information content (AvgIpc) is 2.05. The summed E-state index contributed by atoms with van der Waals surface area (Å²) in [5.74, 6) is 0.0259. The number of ether oxygens (including phenoxy) is 1. The van der Waals surface area contributed by atoms with Crippen LogP contribution in [0.15, 0.2) is 0 Å². The zero-order valence-corrected chi connectivity index (χ0v) is 8.72. The van der Waals surface area contributed by atoms with Gasteiger partial charge in [0.1, 0.15) is 0 Å². The van der Waals surface area contributed by atoms with E-state index in [1.165, 1.54) is 0 Å². The van der Waals surface area contributed by atoms with E-state index in [-0.39, 0.29) is 11.9 Å². The minimum absolute atomic E-state index is 0.0259. The van der Waals surface area contributed by atoms with Crippen molar-refractivity contribution in [1.29, 1.82) is 0 Å². The second kappa shape index (κ2) is 8.01. The van der Waals surface area contributed by atoms with Crippen molar-refractivity contribution in [1.82, 2.24) is 10.6 Å². The number of carbonyl (C=O) groups excluding carboxylic acids is 1. The van der Waals surface area contributed by atoms with Gasteiger partial charge in [0.25, 0.3) is 0 Å². The average molecular weight is 188 g/mol. The van der Waals surface area contributed by atoms with Gasteiger partial charge in [-0.3, -0.25) is 4.79 Å². The Morgan fingerprint density at radius 3 is 2.69 bits per heavy atom. The molecule has 13 heavy (non-hydrogen) atoms. The van der Waals surface area contributed by atoms with E-state index < -0.39 is 0 Å². The molecule has 1 atom stereocenters. The fourth-order valence-electron chi connectivity index (χ4n) is 1.19. The van der Waals surface area contributed by atoms with Crippen LogP contribution in [0.2, 0.25) is 0 Å². The van der Waals surface area contributed by atoms with Crippen LogP contribution in [-0.2, 0) is 9.53 Å². The van der Waals surface area contributed by atoms with Crippen LogP contribution in [0.5, 0.6) is 0 Å². The van der Waals surface area contributed by atoms with E-state index >= 15 is 0 Å². The maximum Gasteiger partial charge on any atom is 0.234 e. The summed E-state index contributed by atoms with van der Waals surface area (Å²) in [5.41, 5.74) is 0. The van der Waals surface area contributed by atoms with Crippen molar-refractivity contribution in [3.8, 4) is 0 Å². The van der Waals surface area contributed by atoms with Gasteiger partial charge in [-0.05, 0) is 13.5 Å². The zero-order valence-electron chi connectivity index (χ0n) is 8.72. The molecule has 0 spiro atoms. The molecule has 0 aliphatic carbocycles. The molecule has 0 aromatic carbocycles. The summed E-state index contributed by atoms with van der Waals surface area (Å²) in [5, 5.41) is 5.70. The normalized spacial score (nSPS) is 12.5. The van der Waals surface area contributed by atoms with Crippen LogP contribution in [-0.4, -0.2) is 39.3 Å². The summed E-state index contributed by atoms with van der Waals surface area (Å²) in [6, 6.07) is 0.149. The van der Waals surface area contributed by atoms with Crippen molar-refractivity contribution in [2.45, 2.75) is 25.8 Å². The van der Waals surface area contributed by atoms with Crippen LogP contribution in [0.4, 0.5) is 0 Å². The predicted molar refractivity (Wildman–Crippen MR) is 52.6 cm³/mol. The van der Waals surface area contributed by atoms with E-state index in [0.717, 1.165) is 12.8 Å². The third kappa shape index (κ3) is 6.54. The van der Waals surface area contributed by atoms with Gasteiger partial charge in [0, 0.05) is 7.11 Å². The van der Waals surface area contributed by atoms with Gasteiger partial charge < -0.3 is 15.4 Å². The number of methoxy groups -OCH3 is 1. The highest BCUT2D eigenvalue weighted by molar-refractivity contribution is 5.78. The molecule has 78 valence electrons. The molecule has 0 aromatic heterocycles. The zero-order chi connectivity index (χ0) is 10.1. The van der Waals surface area contributed by atoms with E-state index in [0.29, 0.717) is 13.2 Å². The molecule has 0 heterocycles. The standard InChI is InChI=1S/C9H20N2O2/c1-4-5-8(7-13-3)11-9(12)6-10-2/h8,10H,4-7H2,1-3H3,(H,11,12).